The van der Waals surface area contributed by atoms with Crippen LogP contribution < -0.4 is 5.56 Å². The van der Waals surface area contributed by atoms with Crippen molar-refractivity contribution in [3.63, 3.8) is 0 Å². The maximum atomic E-state index is 12.7. The zero-order valence-electron chi connectivity index (χ0n) is 13.0. The second-order valence-corrected chi connectivity index (χ2v) is 6.82. The summed E-state index contributed by atoms with van der Waals surface area (Å²) in [5.41, 5.74) is 4.95. The summed E-state index contributed by atoms with van der Waals surface area (Å²) in [6.07, 6.45) is 6.39. The van der Waals surface area contributed by atoms with Gasteiger partial charge < -0.3 is 4.74 Å². The summed E-state index contributed by atoms with van der Waals surface area (Å²) in [5.74, 6) is 0. The van der Waals surface area contributed by atoms with Crippen LogP contribution in [0.3, 0.4) is 0 Å². The van der Waals surface area contributed by atoms with Crippen LogP contribution in [0.15, 0.2) is 34.7 Å². The normalized spacial score (nSPS) is 14.1. The van der Waals surface area contributed by atoms with Crippen LogP contribution in [-0.2, 0) is 24.3 Å². The fraction of sp³-hybridized carbons (Fsp3) is 0.333. The fourth-order valence-corrected chi connectivity index (χ4v) is 4.22. The minimum atomic E-state index is -0.0363. The zero-order chi connectivity index (χ0) is 15.8. The van der Waals surface area contributed by atoms with Crippen LogP contribution in [0.5, 0.6) is 0 Å². The van der Waals surface area contributed by atoms with Crippen molar-refractivity contribution in [2.45, 2.75) is 32.4 Å². The molecule has 0 spiro atoms. The number of hydrogen-bond donors (Lipinski definition) is 0. The highest BCUT2D eigenvalue weighted by Crippen LogP contribution is 2.33. The molecule has 0 aliphatic heterocycles. The van der Waals surface area contributed by atoms with E-state index in [0.717, 1.165) is 22.4 Å². The molecule has 4 rings (SSSR count). The molecule has 0 radical (unpaired) electrons. The van der Waals surface area contributed by atoms with Crippen LogP contribution in [0.1, 0.15) is 24.0 Å². The van der Waals surface area contributed by atoms with Gasteiger partial charge in [-0.05, 0) is 42.4 Å². The Morgan fingerprint density at radius 3 is 2.91 bits per heavy atom. The molecule has 0 bridgehead atoms. The molecule has 0 N–H and O–H groups in total. The Morgan fingerprint density at radius 1 is 1.26 bits per heavy atom. The van der Waals surface area contributed by atoms with Gasteiger partial charge in [0, 0.05) is 18.1 Å². The maximum Gasteiger partial charge on any atom is 0.264 e. The van der Waals surface area contributed by atoms with Crippen molar-refractivity contribution >= 4 is 21.6 Å². The number of aromatic nitrogens is 2. The first-order chi connectivity index (χ1) is 11.3. The molecular formula is C18H18N2O2S. The molecule has 0 unspecified atom stereocenters. The first-order valence-electron chi connectivity index (χ1n) is 7.85. The van der Waals surface area contributed by atoms with E-state index in [1.807, 2.05) is 5.38 Å². The van der Waals surface area contributed by atoms with Crippen LogP contribution >= 0.6 is 11.3 Å². The third-order valence-corrected chi connectivity index (χ3v) is 5.37. The van der Waals surface area contributed by atoms with E-state index in [9.17, 15) is 4.79 Å². The Morgan fingerprint density at radius 2 is 2.09 bits per heavy atom. The van der Waals surface area contributed by atoms with E-state index in [2.05, 4.69) is 23.2 Å². The molecule has 1 aliphatic carbocycles. The molecule has 2 aromatic heterocycles. The number of ether oxygens (including phenoxy) is 1. The molecule has 4 nitrogen and oxygen atoms in total. The number of nitrogens with zero attached hydrogens (tertiary/aromatic N) is 2. The lowest BCUT2D eigenvalue weighted by Crippen LogP contribution is -2.21. The van der Waals surface area contributed by atoms with E-state index in [0.29, 0.717) is 5.39 Å². The molecule has 1 aliphatic rings. The second kappa shape index (κ2) is 5.91. The van der Waals surface area contributed by atoms with E-state index in [1.165, 1.54) is 46.3 Å². The average Bonchev–Trinajstić information content (AvgIpc) is 3.02. The van der Waals surface area contributed by atoms with Gasteiger partial charge in [-0.2, -0.15) is 0 Å². The molecule has 2 heterocycles. The monoisotopic (exact) mass is 326 g/mol. The fourth-order valence-electron chi connectivity index (χ4n) is 3.31. The summed E-state index contributed by atoms with van der Waals surface area (Å²) < 4.78 is 6.59. The van der Waals surface area contributed by atoms with Gasteiger partial charge in [-0.1, -0.05) is 18.2 Å². The van der Waals surface area contributed by atoms with Crippen LogP contribution in [0.25, 0.3) is 21.3 Å². The number of rotatable bonds is 3. The average molecular weight is 326 g/mol. The van der Waals surface area contributed by atoms with E-state index in [-0.39, 0.29) is 12.3 Å². The lowest BCUT2D eigenvalue weighted by Gasteiger charge is -2.16. The lowest BCUT2D eigenvalue weighted by atomic mass is 9.89. The van der Waals surface area contributed by atoms with Crippen LogP contribution in [0.2, 0.25) is 0 Å². The summed E-state index contributed by atoms with van der Waals surface area (Å²) in [7, 11) is 1.58. The predicted octanol–water partition coefficient (Wildman–Crippen LogP) is 3.61. The van der Waals surface area contributed by atoms with Crippen molar-refractivity contribution in [3.8, 4) is 11.1 Å². The van der Waals surface area contributed by atoms with Crippen LogP contribution in [-0.4, -0.2) is 16.7 Å². The summed E-state index contributed by atoms with van der Waals surface area (Å²) in [6, 6.07) is 6.61. The topological polar surface area (TPSA) is 44.1 Å². The quantitative estimate of drug-likeness (QED) is 0.738. The number of benzene rings is 1. The van der Waals surface area contributed by atoms with Gasteiger partial charge in [0.2, 0.25) is 0 Å². The van der Waals surface area contributed by atoms with Crippen molar-refractivity contribution in [2.24, 2.45) is 0 Å². The van der Waals surface area contributed by atoms with Crippen LogP contribution in [0.4, 0.5) is 0 Å². The molecule has 1 aromatic carbocycles. The standard InChI is InChI=1S/C18H18N2O2S/c1-22-11-20-10-19-17-16(18(20)21)15(9-23-17)14-7-6-12-4-2-3-5-13(12)8-14/h6-10H,2-5,11H2,1H3. The Kier molecular flexibility index (Phi) is 3.75. The Hall–Kier alpha value is -1.98. The molecule has 0 amide bonds. The summed E-state index contributed by atoms with van der Waals surface area (Å²) in [4.78, 5) is 17.9. The van der Waals surface area contributed by atoms with Gasteiger partial charge in [0.1, 0.15) is 17.9 Å². The van der Waals surface area contributed by atoms with Crippen molar-refractivity contribution in [3.05, 3.63) is 51.4 Å². The van der Waals surface area contributed by atoms with Gasteiger partial charge in [0.25, 0.3) is 5.56 Å². The second-order valence-electron chi connectivity index (χ2n) is 5.96. The molecule has 23 heavy (non-hydrogen) atoms. The lowest BCUT2D eigenvalue weighted by molar-refractivity contribution is 0.128. The molecule has 0 atom stereocenters. The molecule has 5 heteroatoms. The highest BCUT2D eigenvalue weighted by atomic mass is 32.1. The van der Waals surface area contributed by atoms with Gasteiger partial charge in [-0.3, -0.25) is 9.36 Å². The number of thiophene rings is 1. The van der Waals surface area contributed by atoms with Crippen molar-refractivity contribution in [1.29, 1.82) is 0 Å². The van der Waals surface area contributed by atoms with Gasteiger partial charge in [-0.25, -0.2) is 4.98 Å². The smallest absolute Gasteiger partial charge is 0.264 e. The first kappa shape index (κ1) is 14.6. The number of hydrogen-bond acceptors (Lipinski definition) is 4. The predicted molar refractivity (Wildman–Crippen MR) is 93.0 cm³/mol. The maximum absolute atomic E-state index is 12.7. The van der Waals surface area contributed by atoms with Gasteiger partial charge >= 0.3 is 0 Å². The van der Waals surface area contributed by atoms with E-state index < -0.39 is 0 Å². The summed E-state index contributed by atoms with van der Waals surface area (Å²) in [6.45, 7) is 0.223. The third-order valence-electron chi connectivity index (χ3n) is 4.49. The summed E-state index contributed by atoms with van der Waals surface area (Å²) in [5, 5.41) is 2.74. The molecule has 0 saturated heterocycles. The third kappa shape index (κ3) is 2.50. The number of fused-ring (bicyclic) bond motifs is 2. The highest BCUT2D eigenvalue weighted by Gasteiger charge is 2.15. The van der Waals surface area contributed by atoms with Crippen molar-refractivity contribution in [2.75, 3.05) is 7.11 Å². The zero-order valence-corrected chi connectivity index (χ0v) is 13.9. The van der Waals surface area contributed by atoms with E-state index >= 15 is 0 Å². The SMILES string of the molecule is COCn1cnc2scc(-c3ccc4c(c3)CCCC4)c2c1=O. The van der Waals surface area contributed by atoms with Gasteiger partial charge in [-0.15, -0.1) is 11.3 Å². The minimum absolute atomic E-state index is 0.0363. The Labute approximate surface area is 138 Å². The van der Waals surface area contributed by atoms with E-state index in [1.54, 1.807) is 13.4 Å². The Balaban J connectivity index is 1.89. The first-order valence-corrected chi connectivity index (χ1v) is 8.73. The number of methoxy groups -OCH3 is 1. The molecular weight excluding hydrogens is 308 g/mol. The van der Waals surface area contributed by atoms with E-state index in [4.69, 9.17) is 4.74 Å². The minimum Gasteiger partial charge on any atom is -0.364 e. The Bertz CT molecular complexity index is 926. The van der Waals surface area contributed by atoms with Crippen molar-refractivity contribution < 1.29 is 4.74 Å². The van der Waals surface area contributed by atoms with Crippen molar-refractivity contribution in [1.82, 2.24) is 9.55 Å². The summed E-state index contributed by atoms with van der Waals surface area (Å²) >= 11 is 1.52. The largest absolute Gasteiger partial charge is 0.364 e. The molecule has 0 saturated carbocycles. The molecule has 0 fully saturated rings. The highest BCUT2D eigenvalue weighted by molar-refractivity contribution is 7.17. The molecule has 118 valence electrons. The molecule has 3 aromatic rings. The van der Waals surface area contributed by atoms with Gasteiger partial charge in [0.15, 0.2) is 0 Å². The van der Waals surface area contributed by atoms with Gasteiger partial charge in [0.05, 0.1) is 5.39 Å². The number of aryl methyl sites for hydroxylation is 2. The van der Waals surface area contributed by atoms with Crippen LogP contribution in [0, 0.1) is 0 Å².